The van der Waals surface area contributed by atoms with Crippen LogP contribution in [0, 0.1) is 6.92 Å². The topological polar surface area (TPSA) is 56.7 Å². The molecule has 3 heteroatoms. The molecule has 0 radical (unpaired) electrons. The van der Waals surface area contributed by atoms with Crippen molar-refractivity contribution in [2.45, 2.75) is 33.2 Å². The lowest BCUT2D eigenvalue weighted by molar-refractivity contribution is -0.670. The Labute approximate surface area is 103 Å². The van der Waals surface area contributed by atoms with E-state index in [0.717, 1.165) is 6.92 Å². The largest absolute Gasteiger partial charge is 0.550 e. The summed E-state index contributed by atoms with van der Waals surface area (Å²) in [6, 6.07) is 8.48. The van der Waals surface area contributed by atoms with Gasteiger partial charge in [0.2, 0.25) is 0 Å². The molecule has 2 N–H and O–H groups in total. The number of aryl methyl sites for hydroxylation is 1. The molecule has 0 bridgehead atoms. The van der Waals surface area contributed by atoms with Crippen molar-refractivity contribution in [2.75, 3.05) is 0 Å². The first-order valence-corrected chi connectivity index (χ1v) is 5.52. The fourth-order valence-corrected chi connectivity index (χ4v) is 1.68. The van der Waals surface area contributed by atoms with Gasteiger partial charge in [-0.1, -0.05) is 24.3 Å². The van der Waals surface area contributed by atoms with E-state index in [-0.39, 0.29) is 5.54 Å². The quantitative estimate of drug-likeness (QED) is 0.838. The highest BCUT2D eigenvalue weighted by Crippen LogP contribution is 2.18. The van der Waals surface area contributed by atoms with Gasteiger partial charge in [-0.15, -0.1) is 0 Å². The lowest BCUT2D eigenvalue weighted by Crippen LogP contribution is -2.88. The number of carboxylic acid groups (broad SMARTS) is 1. The molecule has 0 spiro atoms. The minimum Gasteiger partial charge on any atom is -0.550 e. The van der Waals surface area contributed by atoms with Crippen molar-refractivity contribution in [2.24, 2.45) is 0 Å². The molecule has 0 saturated carbocycles. The number of nitrogens with two attached hydrogens (primary N) is 1. The molecule has 17 heavy (non-hydrogen) atoms. The maximum absolute atomic E-state index is 8.89. The van der Waals surface area contributed by atoms with Gasteiger partial charge in [-0.25, -0.2) is 0 Å². The Morgan fingerprint density at radius 3 is 2.29 bits per heavy atom. The number of hydrogen-bond donors (Lipinski definition) is 1. The molecule has 0 fully saturated rings. The highest BCUT2D eigenvalue weighted by atomic mass is 16.4. The summed E-state index contributed by atoms with van der Waals surface area (Å²) in [6.45, 7) is 11.3. The first-order chi connectivity index (χ1) is 7.81. The van der Waals surface area contributed by atoms with Crippen LogP contribution in [0.3, 0.4) is 0 Å². The minimum atomic E-state index is -1.08. The van der Waals surface area contributed by atoms with E-state index < -0.39 is 5.97 Å². The van der Waals surface area contributed by atoms with E-state index in [2.05, 4.69) is 56.9 Å². The van der Waals surface area contributed by atoms with Crippen LogP contribution in [0.1, 0.15) is 31.9 Å². The van der Waals surface area contributed by atoms with E-state index >= 15 is 0 Å². The average molecular weight is 235 g/mol. The van der Waals surface area contributed by atoms with Gasteiger partial charge in [0.25, 0.3) is 0 Å². The van der Waals surface area contributed by atoms with E-state index in [4.69, 9.17) is 9.90 Å². The van der Waals surface area contributed by atoms with E-state index in [9.17, 15) is 0 Å². The zero-order valence-electron chi connectivity index (χ0n) is 11.0. The van der Waals surface area contributed by atoms with Crippen LogP contribution in [0.25, 0.3) is 0 Å². The number of carbonyl (C=O) groups excluding carboxylic acids is 1. The molecule has 0 aliphatic carbocycles. The number of carbonyl (C=O) groups is 1. The summed E-state index contributed by atoms with van der Waals surface area (Å²) in [5, 5.41) is 11.0. The lowest BCUT2D eigenvalue weighted by Gasteiger charge is -2.22. The molecule has 0 aromatic heterocycles. The minimum absolute atomic E-state index is 0.0904. The highest BCUT2D eigenvalue weighted by Gasteiger charge is 2.23. The number of rotatable bonds is 3. The molecule has 0 aliphatic heterocycles. The second-order valence-electron chi connectivity index (χ2n) is 4.43. The normalized spacial score (nSPS) is 10.1. The monoisotopic (exact) mass is 235 g/mol. The van der Waals surface area contributed by atoms with Crippen LogP contribution in [-0.2, 0) is 10.3 Å². The van der Waals surface area contributed by atoms with Crippen LogP contribution in [0.15, 0.2) is 37.0 Å². The average Bonchev–Trinajstić information content (AvgIpc) is 2.16. The molecule has 0 aliphatic rings. The molecule has 3 nitrogen and oxygen atoms in total. The summed E-state index contributed by atoms with van der Waals surface area (Å²) in [5.74, 6) is -1.08. The Balaban J connectivity index is 0.000000557. The van der Waals surface area contributed by atoms with E-state index in [0.29, 0.717) is 0 Å². The number of carboxylic acids is 1. The Morgan fingerprint density at radius 1 is 1.41 bits per heavy atom. The SMILES string of the molecule is C=C[NH2+]C(C)(C)c1ccccc1C.CC(=O)[O-]. The molecule has 1 aromatic rings. The summed E-state index contributed by atoms with van der Waals surface area (Å²) in [5.41, 5.74) is 2.80. The summed E-state index contributed by atoms with van der Waals surface area (Å²) in [6.07, 6.45) is 1.87. The van der Waals surface area contributed by atoms with Crippen LogP contribution in [-0.4, -0.2) is 5.97 Å². The summed E-state index contributed by atoms with van der Waals surface area (Å²) in [4.78, 5) is 8.89. The number of benzene rings is 1. The predicted octanol–water partition coefficient (Wildman–Crippen LogP) is 0.693. The summed E-state index contributed by atoms with van der Waals surface area (Å²) >= 11 is 0. The van der Waals surface area contributed by atoms with Crippen LogP contribution >= 0.6 is 0 Å². The van der Waals surface area contributed by atoms with Crippen molar-refractivity contribution in [3.05, 3.63) is 48.2 Å². The van der Waals surface area contributed by atoms with Gasteiger partial charge in [0.05, 0.1) is 6.20 Å². The second kappa shape index (κ2) is 6.86. The third kappa shape index (κ3) is 5.88. The Hall–Kier alpha value is -1.61. The van der Waals surface area contributed by atoms with Crippen molar-refractivity contribution in [1.82, 2.24) is 0 Å². The second-order valence-corrected chi connectivity index (χ2v) is 4.43. The van der Waals surface area contributed by atoms with Crippen molar-refractivity contribution in [3.63, 3.8) is 0 Å². The van der Waals surface area contributed by atoms with Crippen molar-refractivity contribution < 1.29 is 15.2 Å². The third-order valence-corrected chi connectivity index (χ3v) is 2.37. The molecule has 0 unspecified atom stereocenters. The predicted molar refractivity (Wildman–Crippen MR) is 67.0 cm³/mol. The van der Waals surface area contributed by atoms with E-state index in [1.54, 1.807) is 0 Å². The van der Waals surface area contributed by atoms with Crippen LogP contribution < -0.4 is 10.4 Å². The lowest BCUT2D eigenvalue weighted by atomic mass is 9.91. The molecule has 0 saturated heterocycles. The summed E-state index contributed by atoms with van der Waals surface area (Å²) in [7, 11) is 0. The maximum Gasteiger partial charge on any atom is 0.120 e. The molecule has 1 aromatic carbocycles. The van der Waals surface area contributed by atoms with Crippen LogP contribution in [0.2, 0.25) is 0 Å². The highest BCUT2D eigenvalue weighted by molar-refractivity contribution is 5.60. The number of quaternary nitrogens is 1. The zero-order chi connectivity index (χ0) is 13.5. The van der Waals surface area contributed by atoms with Gasteiger partial charge in [0.15, 0.2) is 0 Å². The molecule has 1 rings (SSSR count). The fourth-order valence-electron chi connectivity index (χ4n) is 1.68. The van der Waals surface area contributed by atoms with Crippen molar-refractivity contribution in [1.29, 1.82) is 0 Å². The van der Waals surface area contributed by atoms with Crippen LogP contribution in [0.4, 0.5) is 0 Å². The van der Waals surface area contributed by atoms with Gasteiger partial charge in [-0.2, -0.15) is 0 Å². The Morgan fingerprint density at radius 2 is 1.88 bits per heavy atom. The van der Waals surface area contributed by atoms with Crippen molar-refractivity contribution >= 4 is 5.97 Å². The van der Waals surface area contributed by atoms with Gasteiger partial charge in [0.1, 0.15) is 5.54 Å². The van der Waals surface area contributed by atoms with Gasteiger partial charge < -0.3 is 15.2 Å². The van der Waals surface area contributed by atoms with Crippen molar-refractivity contribution in [3.8, 4) is 0 Å². The van der Waals surface area contributed by atoms with Gasteiger partial charge >= 0.3 is 0 Å². The fraction of sp³-hybridized carbons (Fsp3) is 0.357. The number of aliphatic carboxylic acids is 1. The molecular weight excluding hydrogens is 214 g/mol. The molecular formula is C14H21NO2. The van der Waals surface area contributed by atoms with Gasteiger partial charge in [0, 0.05) is 11.5 Å². The standard InChI is InChI=1S/C12H17N.C2H4O2/c1-5-13-12(3,4)11-9-7-6-8-10(11)2;1-2(3)4/h5-9,13H,1H2,2-4H3;1H3,(H,3,4). The zero-order valence-corrected chi connectivity index (χ0v) is 11.0. The first-order valence-electron chi connectivity index (χ1n) is 5.52. The summed E-state index contributed by atoms with van der Waals surface area (Å²) < 4.78 is 0. The number of hydrogen-bond acceptors (Lipinski definition) is 2. The first kappa shape index (κ1) is 15.4. The Kier molecular flexibility index (Phi) is 6.21. The smallest absolute Gasteiger partial charge is 0.120 e. The van der Waals surface area contributed by atoms with Gasteiger partial charge in [-0.3, -0.25) is 0 Å². The molecule has 0 atom stereocenters. The van der Waals surface area contributed by atoms with E-state index in [1.165, 1.54) is 11.1 Å². The van der Waals surface area contributed by atoms with Crippen LogP contribution in [0.5, 0.6) is 0 Å². The van der Waals surface area contributed by atoms with Gasteiger partial charge in [-0.05, 0) is 39.8 Å². The Bertz CT molecular complexity index is 380. The third-order valence-electron chi connectivity index (χ3n) is 2.37. The van der Waals surface area contributed by atoms with E-state index in [1.807, 2.05) is 6.20 Å². The molecule has 94 valence electrons. The molecule has 0 heterocycles. The molecule has 0 amide bonds. The maximum atomic E-state index is 8.89.